The summed E-state index contributed by atoms with van der Waals surface area (Å²) in [5.41, 5.74) is 1.47. The van der Waals surface area contributed by atoms with Gasteiger partial charge in [0, 0.05) is 36.7 Å². The van der Waals surface area contributed by atoms with Gasteiger partial charge >= 0.3 is 5.97 Å². The summed E-state index contributed by atoms with van der Waals surface area (Å²) in [6.07, 6.45) is 3.91. The van der Waals surface area contributed by atoms with Crippen LogP contribution in [-0.4, -0.2) is 40.7 Å². The van der Waals surface area contributed by atoms with Crippen LogP contribution in [0.3, 0.4) is 0 Å². The number of aliphatic carboxylic acids is 1. The third-order valence-corrected chi connectivity index (χ3v) is 4.64. The molecule has 0 saturated carbocycles. The largest absolute Gasteiger partial charge is 0.481 e. The molecule has 128 valence electrons. The van der Waals surface area contributed by atoms with E-state index in [9.17, 15) is 9.59 Å². The summed E-state index contributed by atoms with van der Waals surface area (Å²) in [6.45, 7) is 0.964. The number of benzene rings is 1. The van der Waals surface area contributed by atoms with Crippen molar-refractivity contribution >= 4 is 22.8 Å². The number of ether oxygens (including phenoxy) is 1. The van der Waals surface area contributed by atoms with E-state index < -0.39 is 11.5 Å². The molecule has 2 heterocycles. The van der Waals surface area contributed by atoms with Gasteiger partial charge in [-0.1, -0.05) is 18.2 Å². The fourth-order valence-corrected chi connectivity index (χ4v) is 3.34. The van der Waals surface area contributed by atoms with Gasteiger partial charge in [-0.15, -0.1) is 0 Å². The van der Waals surface area contributed by atoms with Crippen LogP contribution in [0.2, 0.25) is 0 Å². The Hall–Kier alpha value is -2.34. The Kier molecular flexibility index (Phi) is 4.85. The number of para-hydroxylation sites is 1. The Morgan fingerprint density at radius 3 is 2.75 bits per heavy atom. The molecule has 1 aromatic heterocycles. The van der Waals surface area contributed by atoms with E-state index in [1.165, 1.54) is 0 Å². The van der Waals surface area contributed by atoms with E-state index in [0.29, 0.717) is 38.9 Å². The third-order valence-electron chi connectivity index (χ3n) is 4.64. The van der Waals surface area contributed by atoms with Gasteiger partial charge in [0.25, 0.3) is 0 Å². The molecular formula is C18H22N2O4. The van der Waals surface area contributed by atoms with E-state index in [1.54, 1.807) is 0 Å². The van der Waals surface area contributed by atoms with Gasteiger partial charge in [-0.3, -0.25) is 9.59 Å². The molecule has 0 radical (unpaired) electrons. The molecule has 1 saturated heterocycles. The number of amides is 1. The number of rotatable bonds is 6. The van der Waals surface area contributed by atoms with Crippen LogP contribution in [0.1, 0.15) is 31.2 Å². The zero-order valence-electron chi connectivity index (χ0n) is 13.5. The molecule has 1 aromatic carbocycles. The minimum atomic E-state index is -0.895. The van der Waals surface area contributed by atoms with Crippen LogP contribution in [0, 0.1) is 0 Å². The summed E-state index contributed by atoms with van der Waals surface area (Å²) in [7, 11) is 0. The Bertz CT molecular complexity index is 731. The second-order valence-electron chi connectivity index (χ2n) is 6.37. The van der Waals surface area contributed by atoms with Crippen molar-refractivity contribution in [3.05, 3.63) is 36.0 Å². The van der Waals surface area contributed by atoms with Crippen molar-refractivity contribution in [1.82, 2.24) is 10.3 Å². The standard InChI is InChI=1S/C18H22N2O4/c21-16(20-18(11-17(22)23)7-9-24-10-8-18)6-5-13-12-19-15-4-2-1-3-14(13)15/h1-4,12,19H,5-11H2,(H,20,21)(H,22,23). The van der Waals surface area contributed by atoms with Gasteiger partial charge in [0.1, 0.15) is 0 Å². The molecule has 0 aliphatic carbocycles. The van der Waals surface area contributed by atoms with Gasteiger partial charge in [0.05, 0.1) is 12.0 Å². The maximum atomic E-state index is 12.4. The topological polar surface area (TPSA) is 91.4 Å². The molecule has 3 N–H and O–H groups in total. The molecule has 0 unspecified atom stereocenters. The van der Waals surface area contributed by atoms with Crippen molar-refractivity contribution in [1.29, 1.82) is 0 Å². The summed E-state index contributed by atoms with van der Waals surface area (Å²) in [6, 6.07) is 7.98. The highest BCUT2D eigenvalue weighted by molar-refractivity contribution is 5.84. The average molecular weight is 330 g/mol. The van der Waals surface area contributed by atoms with Crippen LogP contribution >= 0.6 is 0 Å². The minimum Gasteiger partial charge on any atom is -0.481 e. The van der Waals surface area contributed by atoms with Crippen molar-refractivity contribution in [2.45, 2.75) is 37.6 Å². The van der Waals surface area contributed by atoms with Crippen molar-refractivity contribution in [2.75, 3.05) is 13.2 Å². The molecule has 6 heteroatoms. The highest BCUT2D eigenvalue weighted by Crippen LogP contribution is 2.25. The van der Waals surface area contributed by atoms with Crippen LogP contribution in [0.25, 0.3) is 10.9 Å². The lowest BCUT2D eigenvalue weighted by Crippen LogP contribution is -2.53. The lowest BCUT2D eigenvalue weighted by Gasteiger charge is -2.36. The first-order valence-corrected chi connectivity index (χ1v) is 8.24. The number of hydrogen-bond acceptors (Lipinski definition) is 3. The summed E-state index contributed by atoms with van der Waals surface area (Å²) >= 11 is 0. The van der Waals surface area contributed by atoms with Crippen LogP contribution < -0.4 is 5.32 Å². The molecule has 1 aliphatic rings. The number of aromatic amines is 1. The van der Waals surface area contributed by atoms with Gasteiger partial charge in [-0.05, 0) is 30.9 Å². The predicted octanol–water partition coefficient (Wildman–Crippen LogP) is 2.24. The summed E-state index contributed by atoms with van der Waals surface area (Å²) in [5.74, 6) is -1.00. The zero-order valence-corrected chi connectivity index (χ0v) is 13.5. The van der Waals surface area contributed by atoms with Crippen LogP contribution in [0.5, 0.6) is 0 Å². The van der Waals surface area contributed by atoms with E-state index in [4.69, 9.17) is 9.84 Å². The summed E-state index contributed by atoms with van der Waals surface area (Å²) in [5, 5.41) is 13.2. The number of carbonyl (C=O) groups excluding carboxylic acids is 1. The lowest BCUT2D eigenvalue weighted by molar-refractivity contribution is -0.140. The average Bonchev–Trinajstić information content (AvgIpc) is 2.96. The molecule has 6 nitrogen and oxygen atoms in total. The maximum absolute atomic E-state index is 12.4. The van der Waals surface area contributed by atoms with Crippen LogP contribution in [0.4, 0.5) is 0 Å². The maximum Gasteiger partial charge on any atom is 0.305 e. The number of H-pyrrole nitrogens is 1. The van der Waals surface area contributed by atoms with E-state index in [0.717, 1.165) is 16.5 Å². The van der Waals surface area contributed by atoms with Gasteiger partial charge in [0.15, 0.2) is 0 Å². The van der Waals surface area contributed by atoms with E-state index in [2.05, 4.69) is 10.3 Å². The van der Waals surface area contributed by atoms with Crippen LogP contribution in [-0.2, 0) is 20.7 Å². The van der Waals surface area contributed by atoms with Crippen molar-refractivity contribution in [2.24, 2.45) is 0 Å². The first kappa shape index (κ1) is 16.5. The summed E-state index contributed by atoms with van der Waals surface area (Å²) in [4.78, 5) is 26.7. The zero-order chi connectivity index (χ0) is 17.0. The molecule has 0 spiro atoms. The molecule has 1 aliphatic heterocycles. The Morgan fingerprint density at radius 1 is 1.25 bits per heavy atom. The monoisotopic (exact) mass is 330 g/mol. The Labute approximate surface area is 140 Å². The molecular weight excluding hydrogens is 308 g/mol. The molecule has 0 bridgehead atoms. The number of aryl methyl sites for hydroxylation is 1. The van der Waals surface area contributed by atoms with E-state index in [-0.39, 0.29) is 12.3 Å². The smallest absolute Gasteiger partial charge is 0.305 e. The molecule has 24 heavy (non-hydrogen) atoms. The van der Waals surface area contributed by atoms with Gasteiger partial charge in [0.2, 0.25) is 5.91 Å². The second kappa shape index (κ2) is 7.05. The van der Waals surface area contributed by atoms with Crippen LogP contribution in [0.15, 0.2) is 30.5 Å². The quantitative estimate of drug-likeness (QED) is 0.757. The molecule has 3 rings (SSSR count). The van der Waals surface area contributed by atoms with Crippen molar-refractivity contribution in [3.63, 3.8) is 0 Å². The number of nitrogens with one attached hydrogen (secondary N) is 2. The van der Waals surface area contributed by atoms with Gasteiger partial charge in [-0.2, -0.15) is 0 Å². The highest BCUT2D eigenvalue weighted by atomic mass is 16.5. The first-order chi connectivity index (χ1) is 11.6. The van der Waals surface area contributed by atoms with Gasteiger partial charge < -0.3 is 20.1 Å². The third kappa shape index (κ3) is 3.76. The predicted molar refractivity (Wildman–Crippen MR) is 89.8 cm³/mol. The fraction of sp³-hybridized carbons (Fsp3) is 0.444. The van der Waals surface area contributed by atoms with Crippen molar-refractivity contribution < 1.29 is 19.4 Å². The number of carbonyl (C=O) groups is 2. The Morgan fingerprint density at radius 2 is 2.00 bits per heavy atom. The van der Waals surface area contributed by atoms with E-state index >= 15 is 0 Å². The molecule has 1 amide bonds. The van der Waals surface area contributed by atoms with Gasteiger partial charge in [-0.25, -0.2) is 0 Å². The van der Waals surface area contributed by atoms with E-state index in [1.807, 2.05) is 30.5 Å². The molecule has 0 atom stereocenters. The number of aromatic nitrogens is 1. The lowest BCUT2D eigenvalue weighted by atomic mass is 9.86. The number of carboxylic acids is 1. The molecule has 2 aromatic rings. The number of carboxylic acid groups (broad SMARTS) is 1. The number of hydrogen-bond donors (Lipinski definition) is 3. The first-order valence-electron chi connectivity index (χ1n) is 8.24. The summed E-state index contributed by atoms with van der Waals surface area (Å²) < 4.78 is 5.31. The minimum absolute atomic E-state index is 0.0603. The number of fused-ring (bicyclic) bond motifs is 1. The SMILES string of the molecule is O=C(O)CC1(NC(=O)CCc2c[nH]c3ccccc23)CCOCC1. The second-order valence-corrected chi connectivity index (χ2v) is 6.37. The Balaban J connectivity index is 1.62. The molecule has 1 fully saturated rings. The normalized spacial score (nSPS) is 16.8. The fourth-order valence-electron chi connectivity index (χ4n) is 3.34. The van der Waals surface area contributed by atoms with Crippen molar-refractivity contribution in [3.8, 4) is 0 Å². The highest BCUT2D eigenvalue weighted by Gasteiger charge is 2.36.